The van der Waals surface area contributed by atoms with E-state index in [1.165, 1.54) is 0 Å². The van der Waals surface area contributed by atoms with Crippen LogP contribution in [0.5, 0.6) is 0 Å². The molecule has 0 spiro atoms. The molecular weight excluding hydrogens is 152 g/mol. The average Bonchev–Trinajstić information content (AvgIpc) is 2.00. The van der Waals surface area contributed by atoms with E-state index in [2.05, 4.69) is 24.1 Å². The number of hydrogen-bond acceptors (Lipinski definition) is 3. The Bertz CT molecular complexity index is 107. The van der Waals surface area contributed by atoms with Gasteiger partial charge in [0.05, 0.1) is 6.10 Å². The highest BCUT2D eigenvalue weighted by molar-refractivity contribution is 4.64. The van der Waals surface area contributed by atoms with E-state index in [9.17, 15) is 5.11 Å². The van der Waals surface area contributed by atoms with Crippen LogP contribution in [0.3, 0.4) is 0 Å². The van der Waals surface area contributed by atoms with Crippen molar-refractivity contribution in [2.24, 2.45) is 0 Å². The fraction of sp³-hybridized carbons (Fsp3) is 1.00. The highest BCUT2D eigenvalue weighted by Crippen LogP contribution is 1.98. The molecule has 74 valence electrons. The number of likely N-dealkylation sites (N-methyl/N-ethyl adjacent to an activating group) is 1. The minimum atomic E-state index is -0.204. The van der Waals surface area contributed by atoms with E-state index in [0.29, 0.717) is 6.04 Å². The Morgan fingerprint density at radius 3 is 2.42 bits per heavy atom. The lowest BCUT2D eigenvalue weighted by Gasteiger charge is -2.23. The van der Waals surface area contributed by atoms with Gasteiger partial charge in [0.25, 0.3) is 0 Å². The highest BCUT2D eigenvalue weighted by atomic mass is 16.3. The van der Waals surface area contributed by atoms with Crippen molar-refractivity contribution in [1.29, 1.82) is 0 Å². The normalized spacial score (nSPS) is 14.2. The molecule has 0 rings (SSSR count). The Morgan fingerprint density at radius 1 is 1.42 bits per heavy atom. The third-order valence-corrected chi connectivity index (χ3v) is 2.11. The van der Waals surface area contributed by atoms with Gasteiger partial charge in [0.1, 0.15) is 0 Å². The Hall–Kier alpha value is -0.120. The first-order chi connectivity index (χ1) is 5.57. The molecule has 0 aromatic heterocycles. The van der Waals surface area contributed by atoms with Crippen LogP contribution in [0.15, 0.2) is 0 Å². The first-order valence-corrected chi connectivity index (χ1v) is 4.60. The summed E-state index contributed by atoms with van der Waals surface area (Å²) in [6, 6.07) is 0.509. The molecule has 0 aliphatic heterocycles. The van der Waals surface area contributed by atoms with Crippen LogP contribution in [-0.4, -0.2) is 49.3 Å². The first kappa shape index (κ1) is 11.9. The standard InChI is InChI=1S/C9H22N2O/c1-8(2)11(4)7-9(12)5-6-10-3/h8-10,12H,5-7H2,1-4H3. The Labute approximate surface area is 75.8 Å². The van der Waals surface area contributed by atoms with Crippen LogP contribution in [-0.2, 0) is 0 Å². The quantitative estimate of drug-likeness (QED) is 0.608. The summed E-state index contributed by atoms with van der Waals surface area (Å²) in [6.07, 6.45) is 0.623. The van der Waals surface area contributed by atoms with Gasteiger partial charge >= 0.3 is 0 Å². The van der Waals surface area contributed by atoms with E-state index in [0.717, 1.165) is 19.5 Å². The van der Waals surface area contributed by atoms with Crippen molar-refractivity contribution in [2.75, 3.05) is 27.2 Å². The van der Waals surface area contributed by atoms with Crippen molar-refractivity contribution in [1.82, 2.24) is 10.2 Å². The maximum atomic E-state index is 9.52. The van der Waals surface area contributed by atoms with Crippen LogP contribution in [0.1, 0.15) is 20.3 Å². The molecule has 0 fully saturated rings. The number of nitrogens with zero attached hydrogens (tertiary/aromatic N) is 1. The molecule has 0 radical (unpaired) electrons. The Balaban J connectivity index is 3.47. The summed E-state index contributed by atoms with van der Waals surface area (Å²) in [5.74, 6) is 0. The first-order valence-electron chi connectivity index (χ1n) is 4.60. The molecule has 0 aromatic rings. The summed E-state index contributed by atoms with van der Waals surface area (Å²) >= 11 is 0. The highest BCUT2D eigenvalue weighted by Gasteiger charge is 2.09. The maximum Gasteiger partial charge on any atom is 0.0679 e. The molecular formula is C9H22N2O. The van der Waals surface area contributed by atoms with Crippen molar-refractivity contribution in [3.8, 4) is 0 Å². The van der Waals surface area contributed by atoms with Crippen LogP contribution in [0.25, 0.3) is 0 Å². The zero-order valence-corrected chi connectivity index (χ0v) is 8.67. The summed E-state index contributed by atoms with van der Waals surface area (Å²) in [7, 11) is 3.94. The molecule has 0 aromatic carbocycles. The zero-order chi connectivity index (χ0) is 9.56. The number of aliphatic hydroxyl groups is 1. The summed E-state index contributed by atoms with van der Waals surface area (Å²) in [5.41, 5.74) is 0. The molecule has 0 aliphatic carbocycles. The Kier molecular flexibility index (Phi) is 6.34. The monoisotopic (exact) mass is 174 g/mol. The molecule has 0 bridgehead atoms. The average molecular weight is 174 g/mol. The second kappa shape index (κ2) is 6.40. The third-order valence-electron chi connectivity index (χ3n) is 2.11. The van der Waals surface area contributed by atoms with Gasteiger partial charge in [-0.3, -0.25) is 0 Å². The molecule has 3 nitrogen and oxygen atoms in total. The second-order valence-electron chi connectivity index (χ2n) is 3.58. The van der Waals surface area contributed by atoms with Crippen LogP contribution in [0.2, 0.25) is 0 Å². The minimum Gasteiger partial charge on any atom is -0.392 e. The van der Waals surface area contributed by atoms with E-state index >= 15 is 0 Å². The Morgan fingerprint density at radius 2 is 2.00 bits per heavy atom. The number of aliphatic hydroxyl groups excluding tert-OH is 1. The van der Waals surface area contributed by atoms with Gasteiger partial charge in [-0.25, -0.2) is 0 Å². The van der Waals surface area contributed by atoms with Crippen molar-refractivity contribution in [3.05, 3.63) is 0 Å². The summed E-state index contributed by atoms with van der Waals surface area (Å²) in [6.45, 7) is 5.90. The predicted octanol–water partition coefficient (Wildman–Crippen LogP) is 0.297. The van der Waals surface area contributed by atoms with Gasteiger partial charge in [-0.1, -0.05) is 0 Å². The molecule has 2 N–H and O–H groups in total. The lowest BCUT2D eigenvalue weighted by atomic mass is 10.2. The van der Waals surface area contributed by atoms with E-state index in [1.54, 1.807) is 0 Å². The number of rotatable bonds is 6. The van der Waals surface area contributed by atoms with Gasteiger partial charge in [-0.15, -0.1) is 0 Å². The van der Waals surface area contributed by atoms with Crippen molar-refractivity contribution in [2.45, 2.75) is 32.4 Å². The van der Waals surface area contributed by atoms with Crippen LogP contribution in [0.4, 0.5) is 0 Å². The van der Waals surface area contributed by atoms with Gasteiger partial charge in [0.15, 0.2) is 0 Å². The largest absolute Gasteiger partial charge is 0.392 e. The van der Waals surface area contributed by atoms with Crippen molar-refractivity contribution in [3.63, 3.8) is 0 Å². The SMILES string of the molecule is CNCCC(O)CN(C)C(C)C. The minimum absolute atomic E-state index is 0.204. The van der Waals surface area contributed by atoms with Gasteiger partial charge in [0.2, 0.25) is 0 Å². The molecule has 1 unspecified atom stereocenters. The van der Waals surface area contributed by atoms with Gasteiger partial charge in [-0.05, 0) is 40.9 Å². The van der Waals surface area contributed by atoms with Crippen LogP contribution >= 0.6 is 0 Å². The topological polar surface area (TPSA) is 35.5 Å². The molecule has 0 saturated carbocycles. The van der Waals surface area contributed by atoms with Crippen LogP contribution in [0, 0.1) is 0 Å². The third kappa shape index (κ3) is 5.52. The molecule has 0 saturated heterocycles. The fourth-order valence-corrected chi connectivity index (χ4v) is 0.945. The lowest BCUT2D eigenvalue weighted by Crippen LogP contribution is -2.35. The maximum absolute atomic E-state index is 9.52. The van der Waals surface area contributed by atoms with E-state index in [-0.39, 0.29) is 6.10 Å². The zero-order valence-electron chi connectivity index (χ0n) is 8.67. The van der Waals surface area contributed by atoms with Crippen molar-refractivity contribution >= 4 is 0 Å². The lowest BCUT2D eigenvalue weighted by molar-refractivity contribution is 0.105. The molecule has 3 heteroatoms. The number of nitrogens with one attached hydrogen (secondary N) is 1. The summed E-state index contributed by atoms with van der Waals surface area (Å²) < 4.78 is 0. The smallest absolute Gasteiger partial charge is 0.0679 e. The van der Waals surface area contributed by atoms with Crippen LogP contribution < -0.4 is 5.32 Å². The second-order valence-corrected chi connectivity index (χ2v) is 3.58. The van der Waals surface area contributed by atoms with Gasteiger partial charge < -0.3 is 15.3 Å². The predicted molar refractivity (Wildman–Crippen MR) is 52.3 cm³/mol. The molecule has 1 atom stereocenters. The van der Waals surface area contributed by atoms with E-state index < -0.39 is 0 Å². The molecule has 0 amide bonds. The van der Waals surface area contributed by atoms with Crippen molar-refractivity contribution < 1.29 is 5.11 Å². The molecule has 0 aliphatic rings. The van der Waals surface area contributed by atoms with E-state index in [1.807, 2.05) is 14.1 Å². The number of hydrogen-bond donors (Lipinski definition) is 2. The van der Waals surface area contributed by atoms with E-state index in [4.69, 9.17) is 0 Å². The summed E-state index contributed by atoms with van der Waals surface area (Å²) in [5, 5.41) is 12.5. The molecule has 12 heavy (non-hydrogen) atoms. The van der Waals surface area contributed by atoms with Gasteiger partial charge in [-0.2, -0.15) is 0 Å². The fourth-order valence-electron chi connectivity index (χ4n) is 0.945. The molecule has 0 heterocycles. The van der Waals surface area contributed by atoms with Gasteiger partial charge in [0, 0.05) is 12.6 Å². The summed E-state index contributed by atoms with van der Waals surface area (Å²) in [4.78, 5) is 2.15.